The number of urea groups is 1. The van der Waals surface area contributed by atoms with Gasteiger partial charge in [0.1, 0.15) is 10.6 Å². The van der Waals surface area contributed by atoms with Crippen LogP contribution in [-0.2, 0) is 21.4 Å². The first-order chi connectivity index (χ1) is 13.8. The number of benzene rings is 2. The number of hydrogen-bond acceptors (Lipinski definition) is 5. The molecule has 2 amide bonds. The number of nitrogens with zero attached hydrogens (tertiary/aromatic N) is 1. The Morgan fingerprint density at radius 1 is 1.21 bits per heavy atom. The van der Waals surface area contributed by atoms with E-state index < -0.39 is 10.1 Å². The van der Waals surface area contributed by atoms with Gasteiger partial charge in [-0.2, -0.15) is 8.42 Å². The molecule has 0 spiro atoms. The van der Waals surface area contributed by atoms with Crippen LogP contribution in [0.4, 0.5) is 4.79 Å². The zero-order valence-electron chi connectivity index (χ0n) is 16.6. The van der Waals surface area contributed by atoms with Crippen molar-refractivity contribution in [2.24, 2.45) is 0 Å². The highest BCUT2D eigenvalue weighted by Gasteiger charge is 2.23. The molecule has 0 aliphatic heterocycles. The van der Waals surface area contributed by atoms with Gasteiger partial charge in [-0.3, -0.25) is 0 Å². The molecule has 2 rings (SSSR count). The van der Waals surface area contributed by atoms with E-state index in [1.165, 1.54) is 6.07 Å². The zero-order chi connectivity index (χ0) is 21.4. The van der Waals surface area contributed by atoms with Crippen LogP contribution in [-0.4, -0.2) is 46.2 Å². The average molecular weight is 441 g/mol. The van der Waals surface area contributed by atoms with Gasteiger partial charge in [-0.1, -0.05) is 35.9 Å². The predicted octanol–water partition coefficient (Wildman–Crippen LogP) is 3.59. The molecule has 0 atom stereocenters. The summed E-state index contributed by atoms with van der Waals surface area (Å²) in [4.78, 5) is 13.8. The molecule has 0 saturated carbocycles. The molecule has 29 heavy (non-hydrogen) atoms. The molecule has 0 unspecified atom stereocenters. The molecule has 2 aromatic rings. The Bertz CT molecular complexity index is 929. The van der Waals surface area contributed by atoms with Crippen molar-refractivity contribution in [3.63, 3.8) is 0 Å². The minimum Gasteiger partial charge on any atom is -0.383 e. The molecule has 0 saturated heterocycles. The van der Waals surface area contributed by atoms with Crippen molar-refractivity contribution in [3.8, 4) is 5.75 Å². The van der Waals surface area contributed by atoms with E-state index in [2.05, 4.69) is 5.32 Å². The van der Waals surface area contributed by atoms with E-state index in [0.29, 0.717) is 25.3 Å². The van der Waals surface area contributed by atoms with Crippen molar-refractivity contribution < 1.29 is 22.1 Å². The standard InChI is InChI=1S/C20H25ClN2O5S/c1-4-22-20(24)23(11-12-27-3)14-16-8-6-9-17(13-16)28-29(25,26)19-15(2)7-5-10-18(19)21/h5-10,13H,4,11-12,14H2,1-3H3,(H,22,24). The first kappa shape index (κ1) is 23.0. The number of nitrogens with one attached hydrogen (secondary N) is 1. The molecule has 0 aromatic heterocycles. The Morgan fingerprint density at radius 2 is 1.93 bits per heavy atom. The summed E-state index contributed by atoms with van der Waals surface area (Å²) < 4.78 is 35.8. The summed E-state index contributed by atoms with van der Waals surface area (Å²) in [5, 5.41) is 2.85. The lowest BCUT2D eigenvalue weighted by Crippen LogP contribution is -2.41. The zero-order valence-corrected chi connectivity index (χ0v) is 18.2. The lowest BCUT2D eigenvalue weighted by molar-refractivity contribution is 0.146. The molecule has 0 heterocycles. The van der Waals surface area contributed by atoms with Crippen molar-refractivity contribution in [3.05, 3.63) is 58.6 Å². The number of carbonyl (C=O) groups is 1. The minimum absolute atomic E-state index is 0.0592. The number of halogens is 1. The monoisotopic (exact) mass is 440 g/mol. The quantitative estimate of drug-likeness (QED) is 0.602. The van der Waals surface area contributed by atoms with Crippen LogP contribution in [0.25, 0.3) is 0 Å². The Kier molecular flexibility index (Phi) is 8.31. The number of aryl methyl sites for hydroxylation is 1. The topological polar surface area (TPSA) is 84.9 Å². The van der Waals surface area contributed by atoms with E-state index in [0.717, 1.165) is 5.56 Å². The van der Waals surface area contributed by atoms with Gasteiger partial charge >= 0.3 is 16.1 Å². The van der Waals surface area contributed by atoms with E-state index in [-0.39, 0.29) is 28.2 Å². The van der Waals surface area contributed by atoms with Crippen LogP contribution < -0.4 is 9.50 Å². The molecule has 7 nitrogen and oxygen atoms in total. The summed E-state index contributed by atoms with van der Waals surface area (Å²) in [5.74, 6) is 0.143. The molecular weight excluding hydrogens is 416 g/mol. The number of hydrogen-bond donors (Lipinski definition) is 1. The maximum absolute atomic E-state index is 12.7. The highest BCUT2D eigenvalue weighted by molar-refractivity contribution is 7.87. The van der Waals surface area contributed by atoms with Crippen molar-refractivity contribution in [2.75, 3.05) is 26.8 Å². The van der Waals surface area contributed by atoms with Gasteiger partial charge in [-0.05, 0) is 43.2 Å². The molecule has 0 fully saturated rings. The van der Waals surface area contributed by atoms with Crippen molar-refractivity contribution in [1.29, 1.82) is 0 Å². The Balaban J connectivity index is 2.23. The van der Waals surface area contributed by atoms with Crippen LogP contribution in [0, 0.1) is 6.92 Å². The fraction of sp³-hybridized carbons (Fsp3) is 0.350. The van der Waals surface area contributed by atoms with Gasteiger partial charge in [0.25, 0.3) is 0 Å². The lowest BCUT2D eigenvalue weighted by Gasteiger charge is -2.23. The highest BCUT2D eigenvalue weighted by Crippen LogP contribution is 2.28. The van der Waals surface area contributed by atoms with Crippen LogP contribution in [0.3, 0.4) is 0 Å². The maximum atomic E-state index is 12.7. The number of ether oxygens (including phenoxy) is 1. The van der Waals surface area contributed by atoms with E-state index in [1.807, 2.05) is 6.92 Å². The fourth-order valence-electron chi connectivity index (χ4n) is 2.73. The average Bonchev–Trinajstić information content (AvgIpc) is 2.64. The maximum Gasteiger partial charge on any atom is 0.340 e. The van der Waals surface area contributed by atoms with Crippen molar-refractivity contribution >= 4 is 27.8 Å². The summed E-state index contributed by atoms with van der Waals surface area (Å²) in [7, 11) is -2.54. The van der Waals surface area contributed by atoms with Crippen LogP contribution in [0.1, 0.15) is 18.1 Å². The summed E-state index contributed by atoms with van der Waals surface area (Å²) in [5.41, 5.74) is 1.21. The van der Waals surface area contributed by atoms with Crippen LogP contribution in [0.15, 0.2) is 47.4 Å². The third kappa shape index (κ3) is 6.35. The second kappa shape index (κ2) is 10.5. The van der Waals surface area contributed by atoms with Gasteiger partial charge in [0, 0.05) is 26.7 Å². The second-order valence-corrected chi connectivity index (χ2v) is 8.21. The summed E-state index contributed by atoms with van der Waals surface area (Å²) in [6.45, 7) is 5.04. The predicted molar refractivity (Wildman–Crippen MR) is 112 cm³/mol. The van der Waals surface area contributed by atoms with Crippen LogP contribution in [0.2, 0.25) is 5.02 Å². The second-order valence-electron chi connectivity index (χ2n) is 6.32. The Hall–Kier alpha value is -2.29. The number of carbonyl (C=O) groups excluding carboxylic acids is 1. The number of rotatable bonds is 9. The van der Waals surface area contributed by atoms with Gasteiger partial charge in [0.15, 0.2) is 0 Å². The minimum atomic E-state index is -4.10. The highest BCUT2D eigenvalue weighted by atomic mass is 35.5. The molecular formula is C20H25ClN2O5S. The number of methoxy groups -OCH3 is 1. The molecule has 158 valence electrons. The van der Waals surface area contributed by atoms with Gasteiger partial charge in [0.05, 0.1) is 11.6 Å². The first-order valence-electron chi connectivity index (χ1n) is 9.08. The lowest BCUT2D eigenvalue weighted by atomic mass is 10.2. The molecule has 0 bridgehead atoms. The van der Waals surface area contributed by atoms with Gasteiger partial charge in [0.2, 0.25) is 0 Å². The molecule has 0 aliphatic rings. The van der Waals surface area contributed by atoms with Crippen LogP contribution >= 0.6 is 11.6 Å². The molecule has 1 N–H and O–H groups in total. The first-order valence-corrected chi connectivity index (χ1v) is 10.9. The summed E-state index contributed by atoms with van der Waals surface area (Å²) >= 11 is 6.07. The van der Waals surface area contributed by atoms with E-state index in [4.69, 9.17) is 20.5 Å². The van der Waals surface area contributed by atoms with Gasteiger partial charge < -0.3 is 19.1 Å². The summed E-state index contributed by atoms with van der Waals surface area (Å²) in [6, 6.07) is 11.2. The molecule has 9 heteroatoms. The normalized spacial score (nSPS) is 11.2. The van der Waals surface area contributed by atoms with Gasteiger partial charge in [-0.25, -0.2) is 4.79 Å². The van der Waals surface area contributed by atoms with Crippen molar-refractivity contribution in [1.82, 2.24) is 10.2 Å². The Labute approximate surface area is 176 Å². The summed E-state index contributed by atoms with van der Waals surface area (Å²) in [6.07, 6.45) is 0. The third-order valence-corrected chi connectivity index (χ3v) is 5.95. The SMILES string of the molecule is CCNC(=O)N(CCOC)Cc1cccc(OS(=O)(=O)c2c(C)cccc2Cl)c1. The van der Waals surface area contributed by atoms with E-state index in [9.17, 15) is 13.2 Å². The molecule has 2 aromatic carbocycles. The molecule has 0 aliphatic carbocycles. The third-order valence-electron chi connectivity index (χ3n) is 4.07. The van der Waals surface area contributed by atoms with Gasteiger partial charge in [-0.15, -0.1) is 0 Å². The van der Waals surface area contributed by atoms with Crippen molar-refractivity contribution in [2.45, 2.75) is 25.3 Å². The van der Waals surface area contributed by atoms with Crippen LogP contribution in [0.5, 0.6) is 5.75 Å². The Morgan fingerprint density at radius 3 is 2.59 bits per heavy atom. The van der Waals surface area contributed by atoms with E-state index >= 15 is 0 Å². The number of amides is 2. The van der Waals surface area contributed by atoms with E-state index in [1.54, 1.807) is 55.3 Å². The molecule has 0 radical (unpaired) electrons. The largest absolute Gasteiger partial charge is 0.383 e. The smallest absolute Gasteiger partial charge is 0.340 e. The fourth-order valence-corrected chi connectivity index (χ4v) is 4.45.